The standard InChI is InChI=1S/C21H18F5N5OS.ClH/c22-13-5-8-15(16(23)10-13)17-11-33-20(30-17)31(18(32)2-1-9-29-19(27)28)14-6-3-12(4-7-14)21(24,25)26;/h3-8,10-11H,1-2,9H2,(H4,27,28,29);1H. The van der Waals surface area contributed by atoms with Crippen LogP contribution in [0, 0.1) is 11.6 Å². The number of nitrogens with two attached hydrogens (primary N) is 2. The van der Waals surface area contributed by atoms with Gasteiger partial charge in [-0.1, -0.05) is 0 Å². The highest BCUT2D eigenvalue weighted by molar-refractivity contribution is 7.14. The number of halogens is 6. The molecule has 0 fully saturated rings. The zero-order chi connectivity index (χ0) is 24.2. The summed E-state index contributed by atoms with van der Waals surface area (Å²) in [4.78, 5) is 22.2. The van der Waals surface area contributed by atoms with Crippen LogP contribution in [0.1, 0.15) is 18.4 Å². The zero-order valence-electron chi connectivity index (χ0n) is 17.4. The minimum absolute atomic E-state index is 0. The molecule has 1 heterocycles. The highest BCUT2D eigenvalue weighted by Gasteiger charge is 2.31. The molecule has 6 nitrogen and oxygen atoms in total. The molecule has 0 saturated heterocycles. The lowest BCUT2D eigenvalue weighted by atomic mass is 10.1. The fraction of sp³-hybridized carbons (Fsp3) is 0.190. The molecule has 1 amide bonds. The zero-order valence-corrected chi connectivity index (χ0v) is 19.0. The van der Waals surface area contributed by atoms with Crippen LogP contribution in [0.15, 0.2) is 52.8 Å². The minimum Gasteiger partial charge on any atom is -0.370 e. The maximum Gasteiger partial charge on any atom is 0.416 e. The first-order valence-corrected chi connectivity index (χ1v) is 10.4. The van der Waals surface area contributed by atoms with Crippen LogP contribution in [0.5, 0.6) is 0 Å². The Kier molecular flexibility index (Phi) is 8.93. The summed E-state index contributed by atoms with van der Waals surface area (Å²) in [6.07, 6.45) is -4.29. The van der Waals surface area contributed by atoms with Crippen LogP contribution in [0.25, 0.3) is 11.3 Å². The van der Waals surface area contributed by atoms with E-state index in [1.54, 1.807) is 0 Å². The van der Waals surface area contributed by atoms with E-state index in [4.69, 9.17) is 11.5 Å². The van der Waals surface area contributed by atoms with Crippen molar-refractivity contribution in [1.82, 2.24) is 4.98 Å². The molecule has 0 aliphatic carbocycles. The van der Waals surface area contributed by atoms with Crippen molar-refractivity contribution in [2.24, 2.45) is 16.5 Å². The van der Waals surface area contributed by atoms with Gasteiger partial charge in [0.15, 0.2) is 11.1 Å². The molecule has 4 N–H and O–H groups in total. The van der Waals surface area contributed by atoms with Gasteiger partial charge in [-0.3, -0.25) is 14.7 Å². The highest BCUT2D eigenvalue weighted by Crippen LogP contribution is 2.36. The first-order chi connectivity index (χ1) is 15.6. The Morgan fingerprint density at radius 1 is 1.09 bits per heavy atom. The van der Waals surface area contributed by atoms with Gasteiger partial charge in [0.2, 0.25) is 5.91 Å². The second-order valence-corrected chi connectivity index (χ2v) is 7.66. The molecule has 0 aliphatic rings. The third-order valence-corrected chi connectivity index (χ3v) is 5.26. The Morgan fingerprint density at radius 3 is 2.35 bits per heavy atom. The number of alkyl halides is 3. The predicted molar refractivity (Wildman–Crippen MR) is 123 cm³/mol. The predicted octanol–water partition coefficient (Wildman–Crippen LogP) is 5.25. The lowest BCUT2D eigenvalue weighted by Gasteiger charge is -2.20. The molecule has 0 unspecified atom stereocenters. The Morgan fingerprint density at radius 2 is 1.76 bits per heavy atom. The number of rotatable bonds is 7. The lowest BCUT2D eigenvalue weighted by molar-refractivity contribution is -0.137. The Balaban J connectivity index is 0.00000408. The highest BCUT2D eigenvalue weighted by atomic mass is 35.5. The number of carbonyl (C=O) groups is 1. The van der Waals surface area contributed by atoms with Gasteiger partial charge in [-0.25, -0.2) is 13.8 Å². The molecule has 2 aromatic carbocycles. The smallest absolute Gasteiger partial charge is 0.370 e. The second-order valence-electron chi connectivity index (χ2n) is 6.82. The number of benzene rings is 2. The number of hydrogen-bond acceptors (Lipinski definition) is 4. The minimum atomic E-state index is -4.54. The van der Waals surface area contributed by atoms with E-state index in [1.165, 1.54) is 11.4 Å². The van der Waals surface area contributed by atoms with E-state index in [-0.39, 0.29) is 59.8 Å². The van der Waals surface area contributed by atoms with Gasteiger partial charge in [0.1, 0.15) is 11.6 Å². The van der Waals surface area contributed by atoms with Crippen molar-refractivity contribution in [2.45, 2.75) is 19.0 Å². The average molecular weight is 520 g/mol. The van der Waals surface area contributed by atoms with Gasteiger partial charge in [0.25, 0.3) is 0 Å². The largest absolute Gasteiger partial charge is 0.416 e. The van der Waals surface area contributed by atoms with Crippen molar-refractivity contribution in [3.8, 4) is 11.3 Å². The van der Waals surface area contributed by atoms with Crippen LogP contribution in [-0.4, -0.2) is 23.4 Å². The van der Waals surface area contributed by atoms with Crippen LogP contribution >= 0.6 is 23.7 Å². The SMILES string of the molecule is Cl.NC(N)=NCCCC(=O)N(c1ccc(C(F)(F)F)cc1)c1nc(-c2ccc(F)cc2F)cs1. The Labute approximate surface area is 201 Å². The van der Waals surface area contributed by atoms with Crippen molar-refractivity contribution >= 4 is 46.4 Å². The molecule has 0 radical (unpaired) electrons. The van der Waals surface area contributed by atoms with Crippen molar-refractivity contribution in [1.29, 1.82) is 0 Å². The van der Waals surface area contributed by atoms with Crippen LogP contribution < -0.4 is 16.4 Å². The Hall–Kier alpha value is -3.25. The number of hydrogen-bond donors (Lipinski definition) is 2. The number of aliphatic imine (C=N–C) groups is 1. The van der Waals surface area contributed by atoms with Gasteiger partial charge < -0.3 is 11.5 Å². The molecule has 0 aliphatic heterocycles. The van der Waals surface area contributed by atoms with E-state index in [1.807, 2.05) is 0 Å². The maximum absolute atomic E-state index is 14.2. The van der Waals surface area contributed by atoms with Gasteiger partial charge in [-0.15, -0.1) is 23.7 Å². The van der Waals surface area contributed by atoms with Crippen LogP contribution in [0.4, 0.5) is 32.8 Å². The average Bonchev–Trinajstić information content (AvgIpc) is 3.20. The van der Waals surface area contributed by atoms with E-state index in [0.29, 0.717) is 6.07 Å². The Bertz CT molecular complexity index is 1160. The van der Waals surface area contributed by atoms with E-state index in [2.05, 4.69) is 9.98 Å². The van der Waals surface area contributed by atoms with E-state index in [0.717, 1.165) is 46.6 Å². The van der Waals surface area contributed by atoms with Gasteiger partial charge in [0.05, 0.1) is 16.9 Å². The number of thiazole rings is 1. The van der Waals surface area contributed by atoms with Crippen molar-refractivity contribution in [2.75, 3.05) is 11.4 Å². The molecule has 13 heteroatoms. The number of aromatic nitrogens is 1. The molecule has 0 bridgehead atoms. The molecule has 182 valence electrons. The summed E-state index contributed by atoms with van der Waals surface area (Å²) >= 11 is 0.986. The fourth-order valence-corrected chi connectivity index (χ4v) is 3.76. The van der Waals surface area contributed by atoms with Crippen LogP contribution in [-0.2, 0) is 11.0 Å². The van der Waals surface area contributed by atoms with E-state index < -0.39 is 29.3 Å². The van der Waals surface area contributed by atoms with Crippen LogP contribution in [0.2, 0.25) is 0 Å². The van der Waals surface area contributed by atoms with Crippen molar-refractivity contribution in [3.05, 3.63) is 65.0 Å². The summed E-state index contributed by atoms with van der Waals surface area (Å²) in [6, 6.07) is 6.98. The molecule has 1 aromatic heterocycles. The third kappa shape index (κ3) is 6.64. The molecule has 0 atom stereocenters. The molecule has 3 aromatic rings. The number of anilines is 2. The number of nitrogens with zero attached hydrogens (tertiary/aromatic N) is 3. The third-order valence-electron chi connectivity index (χ3n) is 4.44. The lowest BCUT2D eigenvalue weighted by Crippen LogP contribution is -2.26. The maximum atomic E-state index is 14.2. The quantitative estimate of drug-likeness (QED) is 0.193. The number of amides is 1. The van der Waals surface area contributed by atoms with Gasteiger partial charge in [0, 0.05) is 30.0 Å². The molecule has 3 rings (SSSR count). The summed E-state index contributed by atoms with van der Waals surface area (Å²) < 4.78 is 66.2. The summed E-state index contributed by atoms with van der Waals surface area (Å²) in [6.45, 7) is 0.179. The van der Waals surface area contributed by atoms with Gasteiger partial charge in [-0.05, 0) is 42.8 Å². The van der Waals surface area contributed by atoms with Crippen molar-refractivity contribution < 1.29 is 26.7 Å². The monoisotopic (exact) mass is 519 g/mol. The second kappa shape index (κ2) is 11.3. The van der Waals surface area contributed by atoms with Gasteiger partial charge in [-0.2, -0.15) is 13.2 Å². The first-order valence-electron chi connectivity index (χ1n) is 9.53. The molecular formula is C21H19ClF5N5OS. The van der Waals surface area contributed by atoms with E-state index in [9.17, 15) is 26.7 Å². The fourth-order valence-electron chi connectivity index (χ4n) is 2.90. The molecular weight excluding hydrogens is 501 g/mol. The summed E-state index contributed by atoms with van der Waals surface area (Å²) in [5, 5.41) is 1.58. The van der Waals surface area contributed by atoms with E-state index >= 15 is 0 Å². The first kappa shape index (κ1) is 27.0. The summed E-state index contributed by atoms with van der Waals surface area (Å²) in [5.41, 5.74) is 9.96. The normalized spacial score (nSPS) is 11.0. The molecule has 0 spiro atoms. The number of guanidine groups is 1. The topological polar surface area (TPSA) is 97.6 Å². The molecule has 34 heavy (non-hydrogen) atoms. The van der Waals surface area contributed by atoms with Crippen molar-refractivity contribution in [3.63, 3.8) is 0 Å². The van der Waals surface area contributed by atoms with Gasteiger partial charge >= 0.3 is 6.18 Å². The number of carbonyl (C=O) groups excluding carboxylic acids is 1. The summed E-state index contributed by atoms with van der Waals surface area (Å²) in [7, 11) is 0. The van der Waals surface area contributed by atoms with Crippen LogP contribution in [0.3, 0.4) is 0 Å². The summed E-state index contributed by atoms with van der Waals surface area (Å²) in [5.74, 6) is -2.19. The molecule has 0 saturated carbocycles.